The van der Waals surface area contributed by atoms with Crippen LogP contribution >= 0.6 is 0 Å². The van der Waals surface area contributed by atoms with Gasteiger partial charge in [-0.1, -0.05) is 5.16 Å². The Balaban J connectivity index is 2.90. The van der Waals surface area contributed by atoms with Gasteiger partial charge in [-0.3, -0.25) is 0 Å². The van der Waals surface area contributed by atoms with Crippen LogP contribution in [0.3, 0.4) is 0 Å². The minimum atomic E-state index is -1.19. The zero-order valence-electron chi connectivity index (χ0n) is 8.85. The van der Waals surface area contributed by atoms with Gasteiger partial charge >= 0.3 is 5.97 Å². The highest BCUT2D eigenvalue weighted by molar-refractivity contribution is 6.41. The lowest BCUT2D eigenvalue weighted by Crippen LogP contribution is -2.20. The lowest BCUT2D eigenvalue weighted by Gasteiger charge is -2.15. The number of nitrogens with zero attached hydrogens (tertiary/aromatic N) is 1. The smallest absolute Gasteiger partial charge is 0.361 e. The fraction of sp³-hybridized carbons (Fsp3) is 0.400. The van der Waals surface area contributed by atoms with Crippen molar-refractivity contribution in [1.29, 1.82) is 0 Å². The molecule has 0 atom stereocenters. The van der Waals surface area contributed by atoms with Crippen LogP contribution in [0.25, 0.3) is 0 Å². The van der Waals surface area contributed by atoms with Gasteiger partial charge in [0.1, 0.15) is 5.60 Å². The monoisotopic (exact) mass is 211 g/mol. The maximum atomic E-state index is 10.8. The topological polar surface area (TPSA) is 72.0 Å². The number of hydrogen-bond acceptors (Lipinski definition) is 4. The molecule has 0 amide bonds. The molecule has 0 aliphatic carbocycles. The van der Waals surface area contributed by atoms with Crippen molar-refractivity contribution >= 4 is 11.7 Å². The average molecular weight is 211 g/mol. The fourth-order valence-corrected chi connectivity index (χ4v) is 0.785. The second-order valence-electron chi connectivity index (χ2n) is 3.93. The van der Waals surface area contributed by atoms with E-state index in [0.29, 0.717) is 0 Å². The van der Waals surface area contributed by atoms with Gasteiger partial charge in [-0.05, 0) is 32.9 Å². The van der Waals surface area contributed by atoms with Crippen molar-refractivity contribution in [2.24, 2.45) is 5.16 Å². The van der Waals surface area contributed by atoms with E-state index in [1.54, 1.807) is 26.8 Å². The van der Waals surface area contributed by atoms with Gasteiger partial charge in [0, 0.05) is 0 Å². The predicted octanol–water partition coefficient (Wildman–Crippen LogP) is 1.88. The maximum Gasteiger partial charge on any atom is 0.361 e. The van der Waals surface area contributed by atoms with Crippen molar-refractivity contribution in [3.8, 4) is 0 Å². The molecule has 0 saturated heterocycles. The highest BCUT2D eigenvalue weighted by atomic mass is 16.6. The third kappa shape index (κ3) is 3.46. The Morgan fingerprint density at radius 2 is 2.20 bits per heavy atom. The molecule has 1 aromatic heterocycles. The van der Waals surface area contributed by atoms with Crippen molar-refractivity contribution in [3.05, 3.63) is 24.2 Å². The summed E-state index contributed by atoms with van der Waals surface area (Å²) in [5, 5.41) is 12.4. The molecular weight excluding hydrogens is 198 g/mol. The van der Waals surface area contributed by atoms with Gasteiger partial charge in [-0.2, -0.15) is 0 Å². The van der Waals surface area contributed by atoms with Crippen molar-refractivity contribution in [1.82, 2.24) is 0 Å². The number of carbonyl (C=O) groups is 1. The van der Waals surface area contributed by atoms with Crippen LogP contribution in [0.5, 0.6) is 0 Å². The van der Waals surface area contributed by atoms with E-state index >= 15 is 0 Å². The molecule has 1 aromatic rings. The molecule has 0 bridgehead atoms. The number of hydrogen-bond donors (Lipinski definition) is 1. The molecule has 0 aromatic carbocycles. The first-order valence-electron chi connectivity index (χ1n) is 4.43. The summed E-state index contributed by atoms with van der Waals surface area (Å²) in [6, 6.07) is 3.10. The summed E-state index contributed by atoms with van der Waals surface area (Å²) < 4.78 is 4.93. The lowest BCUT2D eigenvalue weighted by molar-refractivity contribution is -0.129. The zero-order chi connectivity index (χ0) is 11.5. The predicted molar refractivity (Wildman–Crippen MR) is 53.7 cm³/mol. The molecule has 0 unspecified atom stereocenters. The number of oxime groups is 1. The Bertz CT molecular complexity index is 359. The zero-order valence-corrected chi connectivity index (χ0v) is 8.85. The summed E-state index contributed by atoms with van der Waals surface area (Å²) in [7, 11) is 0. The van der Waals surface area contributed by atoms with Gasteiger partial charge in [0.2, 0.25) is 5.71 Å². The normalized spacial score (nSPS) is 12.6. The standard InChI is InChI=1S/C10H13NO4/c1-10(2,3)15-11-8(9(12)13)7-5-4-6-14-7/h4-6H,1-3H3,(H,12,13). The van der Waals surface area contributed by atoms with Crippen molar-refractivity contribution in [2.45, 2.75) is 26.4 Å². The largest absolute Gasteiger partial charge is 0.476 e. The van der Waals surface area contributed by atoms with Gasteiger partial charge in [0.05, 0.1) is 6.26 Å². The minimum absolute atomic E-state index is 0.173. The Morgan fingerprint density at radius 1 is 1.53 bits per heavy atom. The lowest BCUT2D eigenvalue weighted by atomic mass is 10.2. The second-order valence-corrected chi connectivity index (χ2v) is 3.93. The molecule has 0 spiro atoms. The Morgan fingerprint density at radius 3 is 2.60 bits per heavy atom. The molecule has 82 valence electrons. The molecule has 1 N–H and O–H groups in total. The summed E-state index contributed by atoms with van der Waals surface area (Å²) >= 11 is 0. The van der Waals surface area contributed by atoms with E-state index in [1.807, 2.05) is 0 Å². The van der Waals surface area contributed by atoms with Crippen LogP contribution in [-0.4, -0.2) is 22.4 Å². The molecule has 0 aliphatic rings. The van der Waals surface area contributed by atoms with E-state index < -0.39 is 11.6 Å². The average Bonchev–Trinajstić information content (AvgIpc) is 2.54. The van der Waals surface area contributed by atoms with Crippen molar-refractivity contribution < 1.29 is 19.2 Å². The molecule has 5 heteroatoms. The summed E-state index contributed by atoms with van der Waals surface area (Å²) in [6.07, 6.45) is 1.38. The van der Waals surface area contributed by atoms with Crippen molar-refractivity contribution in [2.75, 3.05) is 0 Å². The molecule has 1 rings (SSSR count). The van der Waals surface area contributed by atoms with Crippen LogP contribution in [0, 0.1) is 0 Å². The first-order chi connectivity index (χ1) is 6.90. The van der Waals surface area contributed by atoms with E-state index in [1.165, 1.54) is 12.3 Å². The molecule has 1 heterocycles. The quantitative estimate of drug-likeness (QED) is 0.612. The van der Waals surface area contributed by atoms with Crippen LogP contribution < -0.4 is 0 Å². The Labute approximate surface area is 87.3 Å². The van der Waals surface area contributed by atoms with Crippen LogP contribution in [0.4, 0.5) is 0 Å². The van der Waals surface area contributed by atoms with E-state index in [4.69, 9.17) is 14.4 Å². The third-order valence-corrected chi connectivity index (χ3v) is 1.37. The minimum Gasteiger partial charge on any atom is -0.476 e. The number of aliphatic carboxylic acids is 1. The molecule has 0 fully saturated rings. The van der Waals surface area contributed by atoms with E-state index in [9.17, 15) is 4.79 Å². The van der Waals surface area contributed by atoms with Gasteiger partial charge in [0.25, 0.3) is 0 Å². The maximum absolute atomic E-state index is 10.8. The Kier molecular flexibility index (Phi) is 3.14. The van der Waals surface area contributed by atoms with Crippen LogP contribution in [0.1, 0.15) is 26.5 Å². The van der Waals surface area contributed by atoms with Gasteiger partial charge in [-0.15, -0.1) is 0 Å². The molecule has 5 nitrogen and oxygen atoms in total. The number of furan rings is 1. The summed E-state index contributed by atoms with van der Waals surface area (Å²) in [5.74, 6) is -1.01. The van der Waals surface area contributed by atoms with Gasteiger partial charge in [-0.25, -0.2) is 4.79 Å². The van der Waals surface area contributed by atoms with Crippen LogP contribution in [0.15, 0.2) is 28.0 Å². The van der Waals surface area contributed by atoms with E-state index in [2.05, 4.69) is 5.16 Å². The summed E-state index contributed by atoms with van der Waals surface area (Å²) in [4.78, 5) is 15.9. The van der Waals surface area contributed by atoms with E-state index in [0.717, 1.165) is 0 Å². The van der Waals surface area contributed by atoms with Crippen LogP contribution in [0.2, 0.25) is 0 Å². The summed E-state index contributed by atoms with van der Waals surface area (Å²) in [5.41, 5.74) is -0.775. The molecule has 0 radical (unpaired) electrons. The first kappa shape index (κ1) is 11.3. The highest BCUT2D eigenvalue weighted by Crippen LogP contribution is 2.10. The Hall–Kier alpha value is -1.78. The SMILES string of the molecule is CC(C)(C)ON=C(C(=O)O)c1ccco1. The third-order valence-electron chi connectivity index (χ3n) is 1.37. The second kappa shape index (κ2) is 4.16. The van der Waals surface area contributed by atoms with Crippen molar-refractivity contribution in [3.63, 3.8) is 0 Å². The number of rotatable bonds is 3. The summed E-state index contributed by atoms with van der Waals surface area (Å²) in [6.45, 7) is 5.33. The molecule has 15 heavy (non-hydrogen) atoms. The van der Waals surface area contributed by atoms with Crippen LogP contribution in [-0.2, 0) is 9.63 Å². The molecule has 0 saturated carbocycles. The molecular formula is C10H13NO4. The number of carboxylic acids is 1. The van der Waals surface area contributed by atoms with Gasteiger partial charge in [0.15, 0.2) is 5.76 Å². The number of carboxylic acid groups (broad SMARTS) is 1. The first-order valence-corrected chi connectivity index (χ1v) is 4.43. The molecule has 0 aliphatic heterocycles. The highest BCUT2D eigenvalue weighted by Gasteiger charge is 2.19. The fourth-order valence-electron chi connectivity index (χ4n) is 0.785. The van der Waals surface area contributed by atoms with Gasteiger partial charge < -0.3 is 14.4 Å². The van der Waals surface area contributed by atoms with E-state index in [-0.39, 0.29) is 11.5 Å².